The van der Waals surface area contributed by atoms with E-state index >= 15 is 0 Å². The van der Waals surface area contributed by atoms with Crippen molar-refractivity contribution in [1.29, 1.82) is 0 Å². The maximum Gasteiger partial charge on any atom is 0.244 e. The summed E-state index contributed by atoms with van der Waals surface area (Å²) in [6, 6.07) is 4.13. The fourth-order valence-electron chi connectivity index (χ4n) is 2.62. The lowest BCUT2D eigenvalue weighted by atomic mass is 10.2. The third kappa shape index (κ3) is 3.86. The standard InChI is InChI=1S/C16H19N3O6S/c1-25-12-5-4-11(19-15(21)6-7-16(19)22)8-13(12)26(23,24)17-9-14(20)18-10-2-3-10/h4-5,8,10,17H,2-3,6-7,9H2,1H3,(H,18,20). The Kier molecular flexibility index (Phi) is 4.97. The number of carbonyl (C=O) groups excluding carboxylic acids is 3. The van der Waals surface area contributed by atoms with Crippen LogP contribution in [0.25, 0.3) is 0 Å². The molecule has 10 heteroatoms. The monoisotopic (exact) mass is 381 g/mol. The molecule has 1 aromatic rings. The Morgan fingerprint density at radius 2 is 1.88 bits per heavy atom. The molecule has 2 fully saturated rings. The van der Waals surface area contributed by atoms with Gasteiger partial charge in [0, 0.05) is 18.9 Å². The molecule has 1 aliphatic heterocycles. The molecule has 0 unspecified atom stereocenters. The number of rotatable bonds is 7. The molecule has 3 amide bonds. The van der Waals surface area contributed by atoms with E-state index in [4.69, 9.17) is 4.74 Å². The first-order valence-electron chi connectivity index (χ1n) is 8.14. The topological polar surface area (TPSA) is 122 Å². The van der Waals surface area contributed by atoms with Crippen molar-refractivity contribution < 1.29 is 27.5 Å². The van der Waals surface area contributed by atoms with Gasteiger partial charge in [-0.1, -0.05) is 0 Å². The van der Waals surface area contributed by atoms with E-state index in [0.717, 1.165) is 17.7 Å². The number of hydrogen-bond donors (Lipinski definition) is 2. The molecule has 3 rings (SSSR count). The molecule has 0 aromatic heterocycles. The summed E-state index contributed by atoms with van der Waals surface area (Å²) < 4.78 is 32.5. The number of benzene rings is 1. The average Bonchev–Trinajstić information content (AvgIpc) is 3.36. The van der Waals surface area contributed by atoms with Crippen molar-refractivity contribution >= 4 is 33.4 Å². The number of nitrogens with one attached hydrogen (secondary N) is 2. The summed E-state index contributed by atoms with van der Waals surface area (Å²) in [6.45, 7) is -0.409. The Hall–Kier alpha value is -2.46. The number of amides is 3. The summed E-state index contributed by atoms with van der Waals surface area (Å²) in [5.74, 6) is -1.15. The number of imide groups is 1. The van der Waals surface area contributed by atoms with Gasteiger partial charge in [0.15, 0.2) is 0 Å². The van der Waals surface area contributed by atoms with Gasteiger partial charge in [0.05, 0.1) is 19.3 Å². The van der Waals surface area contributed by atoms with Crippen molar-refractivity contribution in [3.8, 4) is 5.75 Å². The van der Waals surface area contributed by atoms with E-state index in [1.807, 2.05) is 0 Å². The van der Waals surface area contributed by atoms with E-state index in [2.05, 4.69) is 10.0 Å². The minimum atomic E-state index is -4.09. The zero-order valence-corrected chi connectivity index (χ0v) is 15.0. The number of anilines is 1. The third-order valence-electron chi connectivity index (χ3n) is 4.11. The van der Waals surface area contributed by atoms with Gasteiger partial charge in [-0.25, -0.2) is 13.1 Å². The van der Waals surface area contributed by atoms with Crippen LogP contribution in [0.5, 0.6) is 5.75 Å². The minimum Gasteiger partial charge on any atom is -0.495 e. The van der Waals surface area contributed by atoms with Crippen molar-refractivity contribution in [2.45, 2.75) is 36.6 Å². The van der Waals surface area contributed by atoms with Crippen LogP contribution in [0, 0.1) is 0 Å². The highest BCUT2D eigenvalue weighted by molar-refractivity contribution is 7.89. The first-order valence-corrected chi connectivity index (χ1v) is 9.63. The lowest BCUT2D eigenvalue weighted by Gasteiger charge is -2.17. The van der Waals surface area contributed by atoms with Crippen molar-refractivity contribution in [1.82, 2.24) is 10.0 Å². The van der Waals surface area contributed by atoms with Crippen LogP contribution in [0.3, 0.4) is 0 Å². The van der Waals surface area contributed by atoms with Gasteiger partial charge in [0.1, 0.15) is 10.6 Å². The van der Waals surface area contributed by atoms with Gasteiger partial charge >= 0.3 is 0 Å². The highest BCUT2D eigenvalue weighted by Gasteiger charge is 2.32. The van der Waals surface area contributed by atoms with Gasteiger partial charge in [0.25, 0.3) is 0 Å². The molecule has 26 heavy (non-hydrogen) atoms. The quantitative estimate of drug-likeness (QED) is 0.637. The zero-order valence-electron chi connectivity index (χ0n) is 14.1. The molecule has 140 valence electrons. The van der Waals surface area contributed by atoms with Gasteiger partial charge < -0.3 is 10.1 Å². The van der Waals surface area contributed by atoms with Gasteiger partial charge in [-0.05, 0) is 31.0 Å². The van der Waals surface area contributed by atoms with E-state index in [0.29, 0.717) is 0 Å². The third-order valence-corrected chi connectivity index (χ3v) is 5.53. The summed E-state index contributed by atoms with van der Waals surface area (Å²) >= 11 is 0. The lowest BCUT2D eigenvalue weighted by molar-refractivity contribution is -0.121. The van der Waals surface area contributed by atoms with E-state index in [1.165, 1.54) is 25.3 Å². The van der Waals surface area contributed by atoms with E-state index in [-0.39, 0.29) is 47.0 Å². The first-order chi connectivity index (χ1) is 12.3. The average molecular weight is 381 g/mol. The second-order valence-electron chi connectivity index (χ2n) is 6.12. The molecule has 0 radical (unpaired) electrons. The van der Waals surface area contributed by atoms with Crippen LogP contribution in [-0.4, -0.2) is 45.8 Å². The summed E-state index contributed by atoms with van der Waals surface area (Å²) in [4.78, 5) is 36.2. The van der Waals surface area contributed by atoms with E-state index < -0.39 is 22.5 Å². The number of hydrogen-bond acceptors (Lipinski definition) is 6. The second kappa shape index (κ2) is 7.04. The van der Waals surface area contributed by atoms with Crippen molar-refractivity contribution in [2.75, 3.05) is 18.6 Å². The fourth-order valence-corrected chi connectivity index (χ4v) is 3.79. The normalized spacial score (nSPS) is 17.5. The zero-order chi connectivity index (χ0) is 18.9. The van der Waals surface area contributed by atoms with Gasteiger partial charge in [-0.2, -0.15) is 0 Å². The Balaban J connectivity index is 1.84. The summed E-state index contributed by atoms with van der Waals surface area (Å²) in [7, 11) is -2.78. The lowest BCUT2D eigenvalue weighted by Crippen LogP contribution is -2.38. The Morgan fingerprint density at radius 3 is 2.46 bits per heavy atom. The molecule has 0 bridgehead atoms. The molecule has 2 N–H and O–H groups in total. The highest BCUT2D eigenvalue weighted by Crippen LogP contribution is 2.31. The van der Waals surface area contributed by atoms with Crippen LogP contribution in [0.2, 0.25) is 0 Å². The number of ether oxygens (including phenoxy) is 1. The molecule has 1 aliphatic carbocycles. The van der Waals surface area contributed by atoms with Crippen molar-refractivity contribution in [3.05, 3.63) is 18.2 Å². The molecule has 1 saturated heterocycles. The maximum atomic E-state index is 12.6. The van der Waals surface area contributed by atoms with Crippen LogP contribution >= 0.6 is 0 Å². The molecular weight excluding hydrogens is 362 g/mol. The maximum absolute atomic E-state index is 12.6. The van der Waals surface area contributed by atoms with Crippen molar-refractivity contribution in [2.24, 2.45) is 0 Å². The molecule has 0 spiro atoms. The molecule has 0 atom stereocenters. The van der Waals surface area contributed by atoms with Crippen LogP contribution in [0.1, 0.15) is 25.7 Å². The van der Waals surface area contributed by atoms with Gasteiger partial charge in [-0.15, -0.1) is 0 Å². The Labute approximate surface area is 150 Å². The number of methoxy groups -OCH3 is 1. The van der Waals surface area contributed by atoms with Gasteiger partial charge in [0.2, 0.25) is 27.7 Å². The second-order valence-corrected chi connectivity index (χ2v) is 7.86. The predicted octanol–water partition coefficient (Wildman–Crippen LogP) is -0.0945. The smallest absolute Gasteiger partial charge is 0.244 e. The molecule has 2 aliphatic rings. The number of sulfonamides is 1. The highest BCUT2D eigenvalue weighted by atomic mass is 32.2. The van der Waals surface area contributed by atoms with Crippen LogP contribution < -0.4 is 19.7 Å². The van der Waals surface area contributed by atoms with Crippen LogP contribution in [0.15, 0.2) is 23.1 Å². The summed E-state index contributed by atoms with van der Waals surface area (Å²) in [5.41, 5.74) is 0.154. The van der Waals surface area contributed by atoms with E-state index in [1.54, 1.807) is 0 Å². The fraction of sp³-hybridized carbons (Fsp3) is 0.438. The van der Waals surface area contributed by atoms with Crippen LogP contribution in [0.4, 0.5) is 5.69 Å². The predicted molar refractivity (Wildman–Crippen MR) is 91.1 cm³/mol. The van der Waals surface area contributed by atoms with Gasteiger partial charge in [-0.3, -0.25) is 19.3 Å². The largest absolute Gasteiger partial charge is 0.495 e. The van der Waals surface area contributed by atoms with Crippen molar-refractivity contribution in [3.63, 3.8) is 0 Å². The SMILES string of the molecule is COc1ccc(N2C(=O)CCC2=O)cc1S(=O)(=O)NCC(=O)NC1CC1. The molecule has 9 nitrogen and oxygen atoms in total. The Bertz CT molecular complexity index is 847. The number of carbonyl (C=O) groups is 3. The summed E-state index contributed by atoms with van der Waals surface area (Å²) in [5, 5.41) is 2.68. The first kappa shape index (κ1) is 18.3. The number of nitrogens with zero attached hydrogens (tertiary/aromatic N) is 1. The van der Waals surface area contributed by atoms with Crippen LogP contribution in [-0.2, 0) is 24.4 Å². The molecule has 1 aromatic carbocycles. The molecule has 1 heterocycles. The minimum absolute atomic E-state index is 0.0444. The Morgan fingerprint density at radius 1 is 1.23 bits per heavy atom. The van der Waals surface area contributed by atoms with E-state index in [9.17, 15) is 22.8 Å². The summed E-state index contributed by atoms with van der Waals surface area (Å²) in [6.07, 6.45) is 1.97. The molecule has 1 saturated carbocycles. The molecular formula is C16H19N3O6S.